The first-order chi connectivity index (χ1) is 9.60. The van der Waals surface area contributed by atoms with Crippen LogP contribution in [0, 0.1) is 12.8 Å². The molecular weight excluding hydrogens is 248 g/mol. The van der Waals surface area contributed by atoms with Gasteiger partial charge in [0.2, 0.25) is 0 Å². The van der Waals surface area contributed by atoms with Gasteiger partial charge >= 0.3 is 0 Å². The van der Waals surface area contributed by atoms with E-state index in [1.165, 1.54) is 31.4 Å². The molecule has 1 aliphatic carbocycles. The van der Waals surface area contributed by atoms with E-state index in [-0.39, 0.29) is 0 Å². The highest BCUT2D eigenvalue weighted by atomic mass is 16.3. The van der Waals surface area contributed by atoms with Gasteiger partial charge in [-0.05, 0) is 51.3 Å². The smallest absolute Gasteiger partial charge is 0.118 e. The lowest BCUT2D eigenvalue weighted by atomic mass is 10.1. The minimum Gasteiger partial charge on any atom is -0.465 e. The zero-order valence-electron chi connectivity index (χ0n) is 13.5. The van der Waals surface area contributed by atoms with Crippen LogP contribution < -0.4 is 5.32 Å². The van der Waals surface area contributed by atoms with Gasteiger partial charge in [-0.2, -0.15) is 0 Å². The maximum absolute atomic E-state index is 5.95. The summed E-state index contributed by atoms with van der Waals surface area (Å²) in [5.74, 6) is 2.98. The molecule has 0 bridgehead atoms. The molecule has 1 aliphatic rings. The Hall–Kier alpha value is -0.800. The summed E-state index contributed by atoms with van der Waals surface area (Å²) in [4.78, 5) is 2.61. The van der Waals surface area contributed by atoms with Gasteiger partial charge in [0.1, 0.15) is 11.5 Å². The second kappa shape index (κ2) is 7.28. The number of hydrogen-bond acceptors (Lipinski definition) is 3. The van der Waals surface area contributed by atoms with Crippen LogP contribution in [0.15, 0.2) is 10.5 Å². The third kappa shape index (κ3) is 4.64. The van der Waals surface area contributed by atoms with E-state index in [1.54, 1.807) is 0 Å². The van der Waals surface area contributed by atoms with Crippen molar-refractivity contribution in [2.75, 3.05) is 13.1 Å². The topological polar surface area (TPSA) is 28.4 Å². The van der Waals surface area contributed by atoms with Crippen LogP contribution in [0.1, 0.15) is 57.1 Å². The van der Waals surface area contributed by atoms with Gasteiger partial charge in [0.25, 0.3) is 0 Å². The lowest BCUT2D eigenvalue weighted by Gasteiger charge is -2.21. The maximum atomic E-state index is 5.95. The van der Waals surface area contributed by atoms with Crippen molar-refractivity contribution in [2.24, 2.45) is 5.92 Å². The Balaban J connectivity index is 1.92. The van der Waals surface area contributed by atoms with E-state index < -0.39 is 0 Å². The zero-order chi connectivity index (χ0) is 14.5. The highest BCUT2D eigenvalue weighted by Gasteiger charge is 2.29. The number of rotatable bonds is 9. The molecule has 1 heterocycles. The second-order valence-electron chi connectivity index (χ2n) is 6.46. The van der Waals surface area contributed by atoms with E-state index in [0.717, 1.165) is 43.1 Å². The fraction of sp³-hybridized carbons (Fsp3) is 0.765. The number of furan rings is 1. The van der Waals surface area contributed by atoms with Crippen LogP contribution in [-0.2, 0) is 13.1 Å². The van der Waals surface area contributed by atoms with Gasteiger partial charge in [0, 0.05) is 18.2 Å². The van der Waals surface area contributed by atoms with E-state index in [4.69, 9.17) is 4.42 Å². The molecule has 1 fully saturated rings. The van der Waals surface area contributed by atoms with E-state index >= 15 is 0 Å². The first-order valence-corrected chi connectivity index (χ1v) is 8.13. The number of nitrogens with one attached hydrogen (secondary N) is 1. The molecule has 0 aliphatic heterocycles. The standard InChI is InChI=1S/C17H30N2O/c1-5-18-11-15-10-17(20-14(15)4)12-19(16-6-7-16)9-8-13(2)3/h10,13,16,18H,5-9,11-12H2,1-4H3. The average Bonchev–Trinajstić information content (AvgIpc) is 3.17. The predicted octanol–water partition coefficient (Wildman–Crippen LogP) is 3.71. The van der Waals surface area contributed by atoms with Gasteiger partial charge in [0.15, 0.2) is 0 Å². The molecular formula is C17H30N2O. The van der Waals surface area contributed by atoms with Crippen molar-refractivity contribution in [1.82, 2.24) is 10.2 Å². The molecule has 0 spiro atoms. The van der Waals surface area contributed by atoms with Crippen LogP contribution in [0.4, 0.5) is 0 Å². The van der Waals surface area contributed by atoms with Crippen molar-refractivity contribution >= 4 is 0 Å². The molecule has 0 unspecified atom stereocenters. The molecule has 1 N–H and O–H groups in total. The fourth-order valence-corrected chi connectivity index (χ4v) is 2.56. The first-order valence-electron chi connectivity index (χ1n) is 8.13. The molecule has 20 heavy (non-hydrogen) atoms. The molecule has 0 atom stereocenters. The highest BCUT2D eigenvalue weighted by molar-refractivity contribution is 5.20. The van der Waals surface area contributed by atoms with Crippen LogP contribution >= 0.6 is 0 Å². The normalized spacial score (nSPS) is 15.5. The lowest BCUT2D eigenvalue weighted by Crippen LogP contribution is -2.27. The number of aryl methyl sites for hydroxylation is 1. The summed E-state index contributed by atoms with van der Waals surface area (Å²) in [6, 6.07) is 3.04. The van der Waals surface area contributed by atoms with Crippen molar-refractivity contribution < 1.29 is 4.42 Å². The molecule has 3 nitrogen and oxygen atoms in total. The molecule has 1 aromatic heterocycles. The van der Waals surface area contributed by atoms with Gasteiger partial charge in [0.05, 0.1) is 6.54 Å². The SMILES string of the molecule is CCNCc1cc(CN(CCC(C)C)C2CC2)oc1C. The highest BCUT2D eigenvalue weighted by Crippen LogP contribution is 2.29. The Morgan fingerprint density at radius 2 is 2.15 bits per heavy atom. The van der Waals surface area contributed by atoms with Crippen LogP contribution in [0.25, 0.3) is 0 Å². The fourth-order valence-electron chi connectivity index (χ4n) is 2.56. The first kappa shape index (κ1) is 15.6. The summed E-state index contributed by atoms with van der Waals surface area (Å²) >= 11 is 0. The van der Waals surface area contributed by atoms with Gasteiger partial charge in [-0.1, -0.05) is 20.8 Å². The minimum atomic E-state index is 0.777. The quantitative estimate of drug-likeness (QED) is 0.746. The Morgan fingerprint density at radius 1 is 1.40 bits per heavy atom. The third-order valence-corrected chi connectivity index (χ3v) is 4.05. The molecule has 2 rings (SSSR count). The molecule has 1 saturated carbocycles. The summed E-state index contributed by atoms with van der Waals surface area (Å²) in [6.07, 6.45) is 4.00. The Labute approximate surface area is 123 Å². The monoisotopic (exact) mass is 278 g/mol. The zero-order valence-corrected chi connectivity index (χ0v) is 13.5. The molecule has 114 valence electrons. The molecule has 3 heteroatoms. The van der Waals surface area contributed by atoms with E-state index in [9.17, 15) is 0 Å². The molecule has 0 radical (unpaired) electrons. The number of nitrogens with zero attached hydrogens (tertiary/aromatic N) is 1. The van der Waals surface area contributed by atoms with Crippen LogP contribution in [0.2, 0.25) is 0 Å². The van der Waals surface area contributed by atoms with Crippen molar-refractivity contribution in [3.8, 4) is 0 Å². The Kier molecular flexibility index (Phi) is 5.67. The third-order valence-electron chi connectivity index (χ3n) is 4.05. The second-order valence-corrected chi connectivity index (χ2v) is 6.46. The summed E-state index contributed by atoms with van der Waals surface area (Å²) in [6.45, 7) is 12.9. The summed E-state index contributed by atoms with van der Waals surface area (Å²) in [5.41, 5.74) is 1.31. The molecule has 0 aromatic carbocycles. The van der Waals surface area contributed by atoms with Gasteiger partial charge in [-0.25, -0.2) is 0 Å². The van der Waals surface area contributed by atoms with Gasteiger partial charge in [-0.15, -0.1) is 0 Å². The van der Waals surface area contributed by atoms with Crippen molar-refractivity contribution in [1.29, 1.82) is 0 Å². The van der Waals surface area contributed by atoms with Crippen LogP contribution in [0.5, 0.6) is 0 Å². The lowest BCUT2D eigenvalue weighted by molar-refractivity contribution is 0.220. The Morgan fingerprint density at radius 3 is 2.75 bits per heavy atom. The molecule has 1 aromatic rings. The summed E-state index contributed by atoms with van der Waals surface area (Å²) < 4.78 is 5.95. The average molecular weight is 278 g/mol. The van der Waals surface area contributed by atoms with Crippen molar-refractivity contribution in [2.45, 2.75) is 66.1 Å². The maximum Gasteiger partial charge on any atom is 0.118 e. The van der Waals surface area contributed by atoms with Crippen LogP contribution in [-0.4, -0.2) is 24.0 Å². The van der Waals surface area contributed by atoms with E-state index in [0.29, 0.717) is 0 Å². The summed E-state index contributed by atoms with van der Waals surface area (Å²) in [7, 11) is 0. The Bertz CT molecular complexity index is 407. The van der Waals surface area contributed by atoms with Crippen molar-refractivity contribution in [3.63, 3.8) is 0 Å². The van der Waals surface area contributed by atoms with Crippen molar-refractivity contribution in [3.05, 3.63) is 23.2 Å². The largest absolute Gasteiger partial charge is 0.465 e. The molecule has 0 saturated heterocycles. The minimum absolute atomic E-state index is 0.777. The van der Waals surface area contributed by atoms with Gasteiger partial charge in [-0.3, -0.25) is 4.90 Å². The van der Waals surface area contributed by atoms with E-state index in [2.05, 4.69) is 44.0 Å². The van der Waals surface area contributed by atoms with E-state index in [1.807, 2.05) is 0 Å². The van der Waals surface area contributed by atoms with Crippen LogP contribution in [0.3, 0.4) is 0 Å². The number of hydrogen-bond donors (Lipinski definition) is 1. The van der Waals surface area contributed by atoms with Gasteiger partial charge < -0.3 is 9.73 Å². The predicted molar refractivity (Wildman–Crippen MR) is 83.7 cm³/mol. The molecule has 0 amide bonds. The summed E-state index contributed by atoms with van der Waals surface area (Å²) in [5, 5.41) is 3.37.